The molecule has 0 unspecified atom stereocenters. The van der Waals surface area contributed by atoms with E-state index < -0.39 is 0 Å². The number of hydrogen-bond acceptors (Lipinski definition) is 6. The number of nitrogens with zero attached hydrogens (tertiary/aromatic N) is 2. The summed E-state index contributed by atoms with van der Waals surface area (Å²) in [5, 5.41) is 11.7. The van der Waals surface area contributed by atoms with Crippen molar-refractivity contribution in [3.8, 4) is 23.3 Å². The molecule has 25 heavy (non-hydrogen) atoms. The second-order valence-electron chi connectivity index (χ2n) is 5.91. The van der Waals surface area contributed by atoms with Crippen LogP contribution in [0.25, 0.3) is 0 Å². The van der Waals surface area contributed by atoms with E-state index >= 15 is 0 Å². The van der Waals surface area contributed by atoms with Crippen LogP contribution < -0.4 is 19.5 Å². The van der Waals surface area contributed by atoms with Gasteiger partial charge in [-0.3, -0.25) is 9.69 Å². The average Bonchev–Trinajstić information content (AvgIpc) is 3.47. The molecule has 1 saturated carbocycles. The van der Waals surface area contributed by atoms with Gasteiger partial charge in [-0.2, -0.15) is 5.26 Å². The fourth-order valence-electron chi connectivity index (χ4n) is 2.69. The summed E-state index contributed by atoms with van der Waals surface area (Å²) in [5.74, 6) is 1.72. The maximum absolute atomic E-state index is 12.3. The van der Waals surface area contributed by atoms with Crippen LogP contribution in [0.5, 0.6) is 17.2 Å². The van der Waals surface area contributed by atoms with Crippen LogP contribution >= 0.6 is 0 Å². The quantitative estimate of drug-likeness (QED) is 0.694. The molecule has 0 aliphatic heterocycles. The molecule has 1 aliphatic carbocycles. The van der Waals surface area contributed by atoms with Crippen molar-refractivity contribution in [1.82, 2.24) is 10.2 Å². The van der Waals surface area contributed by atoms with Crippen LogP contribution in [0.15, 0.2) is 12.1 Å². The summed E-state index contributed by atoms with van der Waals surface area (Å²) >= 11 is 0. The molecular formula is C18H25N3O4. The van der Waals surface area contributed by atoms with Gasteiger partial charge in [-0.05, 0) is 18.9 Å². The summed E-state index contributed by atoms with van der Waals surface area (Å²) in [6.07, 6.45) is 2.64. The molecule has 7 heteroatoms. The molecule has 136 valence electrons. The van der Waals surface area contributed by atoms with Crippen LogP contribution in [0.1, 0.15) is 24.8 Å². The molecule has 1 aromatic carbocycles. The highest BCUT2D eigenvalue weighted by Gasteiger charge is 2.29. The maximum Gasteiger partial charge on any atom is 0.234 e. The fraction of sp³-hybridized carbons (Fsp3) is 0.556. The Morgan fingerprint density at radius 2 is 1.84 bits per heavy atom. The highest BCUT2D eigenvalue weighted by atomic mass is 16.5. The molecule has 0 atom stereocenters. The molecule has 1 fully saturated rings. The number of methoxy groups -OCH3 is 3. The summed E-state index contributed by atoms with van der Waals surface area (Å²) in [6, 6.07) is 6.11. The summed E-state index contributed by atoms with van der Waals surface area (Å²) in [7, 11) is 4.70. The second-order valence-corrected chi connectivity index (χ2v) is 5.91. The number of ether oxygens (including phenoxy) is 3. The van der Waals surface area contributed by atoms with Crippen molar-refractivity contribution in [2.24, 2.45) is 0 Å². The van der Waals surface area contributed by atoms with Crippen LogP contribution in [-0.4, -0.2) is 51.3 Å². The number of benzene rings is 1. The number of hydrogen-bond donors (Lipinski definition) is 1. The van der Waals surface area contributed by atoms with Crippen LogP contribution in [0.4, 0.5) is 0 Å². The minimum Gasteiger partial charge on any atom is -0.496 e. The van der Waals surface area contributed by atoms with Gasteiger partial charge in [-0.25, -0.2) is 0 Å². The summed E-state index contributed by atoms with van der Waals surface area (Å²) in [5.41, 5.74) is 0.809. The molecule has 1 aliphatic rings. The van der Waals surface area contributed by atoms with Gasteiger partial charge < -0.3 is 19.5 Å². The van der Waals surface area contributed by atoms with Crippen LogP contribution in [0.2, 0.25) is 0 Å². The highest BCUT2D eigenvalue weighted by molar-refractivity contribution is 5.78. The Labute approximate surface area is 148 Å². The Hall–Kier alpha value is -2.46. The van der Waals surface area contributed by atoms with E-state index in [9.17, 15) is 4.79 Å². The van der Waals surface area contributed by atoms with Crippen molar-refractivity contribution in [2.45, 2.75) is 31.8 Å². The summed E-state index contributed by atoms with van der Waals surface area (Å²) in [4.78, 5) is 14.3. The third kappa shape index (κ3) is 5.26. The molecule has 1 amide bonds. The number of carbonyl (C=O) groups excluding carboxylic acids is 1. The van der Waals surface area contributed by atoms with E-state index in [-0.39, 0.29) is 5.91 Å². The normalized spacial score (nSPS) is 13.2. The number of nitrogens with one attached hydrogen (secondary N) is 1. The standard InChI is InChI=1S/C18H25N3O4/c1-23-15-10-17(25-3)16(24-2)9-13(15)11-20-18(22)12-21(8-4-7-19)14-5-6-14/h9-10,14H,4-6,8,11-12H2,1-3H3,(H,20,22). The van der Waals surface area contributed by atoms with Crippen LogP contribution in [0, 0.1) is 11.3 Å². The van der Waals surface area contributed by atoms with Gasteiger partial charge in [-0.1, -0.05) is 0 Å². The van der Waals surface area contributed by atoms with Gasteiger partial charge in [0, 0.05) is 37.2 Å². The fourth-order valence-corrected chi connectivity index (χ4v) is 2.69. The zero-order valence-corrected chi connectivity index (χ0v) is 15.0. The predicted molar refractivity (Wildman–Crippen MR) is 92.8 cm³/mol. The number of nitriles is 1. The number of carbonyl (C=O) groups is 1. The first-order valence-electron chi connectivity index (χ1n) is 8.29. The van der Waals surface area contributed by atoms with Crippen molar-refractivity contribution in [2.75, 3.05) is 34.4 Å². The van der Waals surface area contributed by atoms with Crippen molar-refractivity contribution in [1.29, 1.82) is 5.26 Å². The van der Waals surface area contributed by atoms with E-state index in [0.717, 1.165) is 18.4 Å². The SMILES string of the molecule is COc1cc(OC)c(OC)cc1CNC(=O)CN(CCC#N)C1CC1. The van der Waals surface area contributed by atoms with E-state index in [0.29, 0.717) is 49.3 Å². The Balaban J connectivity index is 1.97. The largest absolute Gasteiger partial charge is 0.496 e. The van der Waals surface area contributed by atoms with Crippen LogP contribution in [0.3, 0.4) is 0 Å². The first-order chi connectivity index (χ1) is 12.1. The van der Waals surface area contributed by atoms with Crippen LogP contribution in [-0.2, 0) is 11.3 Å². The molecular weight excluding hydrogens is 322 g/mol. The minimum absolute atomic E-state index is 0.0679. The lowest BCUT2D eigenvalue weighted by molar-refractivity contribution is -0.122. The monoisotopic (exact) mass is 347 g/mol. The molecule has 0 saturated heterocycles. The molecule has 0 bridgehead atoms. The van der Waals surface area contributed by atoms with Gasteiger partial charge >= 0.3 is 0 Å². The third-order valence-corrected chi connectivity index (χ3v) is 4.18. The lowest BCUT2D eigenvalue weighted by Crippen LogP contribution is -2.38. The lowest BCUT2D eigenvalue weighted by Gasteiger charge is -2.20. The Morgan fingerprint density at radius 1 is 1.20 bits per heavy atom. The van der Waals surface area contributed by atoms with Gasteiger partial charge in [0.05, 0.1) is 33.9 Å². The summed E-state index contributed by atoms with van der Waals surface area (Å²) in [6.45, 7) is 1.27. The van der Waals surface area contributed by atoms with Crippen molar-refractivity contribution in [3.05, 3.63) is 17.7 Å². The second kappa shape index (κ2) is 9.14. The van der Waals surface area contributed by atoms with E-state index in [2.05, 4.69) is 16.3 Å². The zero-order chi connectivity index (χ0) is 18.2. The first-order valence-corrected chi connectivity index (χ1v) is 8.29. The molecule has 7 nitrogen and oxygen atoms in total. The predicted octanol–water partition coefficient (Wildman–Crippen LogP) is 1.71. The average molecular weight is 347 g/mol. The smallest absolute Gasteiger partial charge is 0.234 e. The topological polar surface area (TPSA) is 83.8 Å². The van der Waals surface area contributed by atoms with Gasteiger partial charge in [0.15, 0.2) is 11.5 Å². The molecule has 2 rings (SSSR count). The van der Waals surface area contributed by atoms with Gasteiger partial charge in [-0.15, -0.1) is 0 Å². The van der Waals surface area contributed by atoms with E-state index in [1.54, 1.807) is 33.5 Å². The molecule has 0 heterocycles. The first kappa shape index (κ1) is 18.9. The molecule has 0 spiro atoms. The maximum atomic E-state index is 12.3. The third-order valence-electron chi connectivity index (χ3n) is 4.18. The number of rotatable bonds is 10. The van der Waals surface area contributed by atoms with E-state index in [1.165, 1.54) is 0 Å². The molecule has 1 aromatic rings. The Bertz CT molecular complexity index is 638. The van der Waals surface area contributed by atoms with Crippen molar-refractivity contribution in [3.63, 3.8) is 0 Å². The Kier molecular flexibility index (Phi) is 6.90. The van der Waals surface area contributed by atoms with E-state index in [1.807, 2.05) is 0 Å². The lowest BCUT2D eigenvalue weighted by atomic mass is 10.1. The minimum atomic E-state index is -0.0679. The zero-order valence-electron chi connectivity index (χ0n) is 15.0. The number of amides is 1. The highest BCUT2D eigenvalue weighted by Crippen LogP contribution is 2.34. The van der Waals surface area contributed by atoms with Crippen molar-refractivity contribution >= 4 is 5.91 Å². The summed E-state index contributed by atoms with van der Waals surface area (Å²) < 4.78 is 15.9. The van der Waals surface area contributed by atoms with Crippen molar-refractivity contribution < 1.29 is 19.0 Å². The van der Waals surface area contributed by atoms with E-state index in [4.69, 9.17) is 19.5 Å². The van der Waals surface area contributed by atoms with Gasteiger partial charge in [0.2, 0.25) is 5.91 Å². The molecule has 0 aromatic heterocycles. The Morgan fingerprint density at radius 3 is 2.40 bits per heavy atom. The van der Waals surface area contributed by atoms with Gasteiger partial charge in [0.25, 0.3) is 0 Å². The molecule has 1 N–H and O–H groups in total. The van der Waals surface area contributed by atoms with Gasteiger partial charge in [0.1, 0.15) is 5.75 Å². The molecule has 0 radical (unpaired) electrons.